The normalized spacial score (nSPS) is 13.0. The van der Waals surface area contributed by atoms with E-state index < -0.39 is 6.10 Å². The van der Waals surface area contributed by atoms with Gasteiger partial charge >= 0.3 is 0 Å². The van der Waals surface area contributed by atoms with Crippen molar-refractivity contribution in [1.82, 2.24) is 4.90 Å². The molecule has 1 N–H and O–H groups in total. The van der Waals surface area contributed by atoms with E-state index in [9.17, 15) is 4.79 Å². The van der Waals surface area contributed by atoms with E-state index in [1.807, 2.05) is 0 Å². The van der Waals surface area contributed by atoms with E-state index in [1.54, 1.807) is 52.2 Å². The highest BCUT2D eigenvalue weighted by molar-refractivity contribution is 5.98. The van der Waals surface area contributed by atoms with Crippen LogP contribution in [0.1, 0.15) is 19.4 Å². The molecule has 1 rings (SSSR count). The summed E-state index contributed by atoms with van der Waals surface area (Å²) in [6.07, 6.45) is -0.554. The lowest BCUT2D eigenvalue weighted by Gasteiger charge is -2.18. The van der Waals surface area contributed by atoms with Gasteiger partial charge < -0.3 is 14.8 Å². The lowest BCUT2D eigenvalue weighted by molar-refractivity contribution is -0.135. The highest BCUT2D eigenvalue weighted by atomic mass is 16.5. The van der Waals surface area contributed by atoms with Gasteiger partial charge in [-0.25, -0.2) is 0 Å². The van der Waals surface area contributed by atoms with E-state index in [4.69, 9.17) is 9.94 Å². The molecule has 0 spiro atoms. The second-order valence-electron chi connectivity index (χ2n) is 4.21. The van der Waals surface area contributed by atoms with Crippen LogP contribution in [0.5, 0.6) is 5.75 Å². The first kappa shape index (κ1) is 14.0. The van der Waals surface area contributed by atoms with Crippen molar-refractivity contribution in [2.75, 3.05) is 14.1 Å². The number of amides is 1. The minimum atomic E-state index is -0.554. The van der Waals surface area contributed by atoms with Gasteiger partial charge in [0.05, 0.1) is 5.71 Å². The van der Waals surface area contributed by atoms with Crippen LogP contribution in [0.25, 0.3) is 0 Å². The predicted octanol–water partition coefficient (Wildman–Crippen LogP) is 1.74. The molecule has 18 heavy (non-hydrogen) atoms. The van der Waals surface area contributed by atoms with Gasteiger partial charge in [0.25, 0.3) is 5.91 Å². The topological polar surface area (TPSA) is 62.1 Å². The zero-order chi connectivity index (χ0) is 13.7. The smallest absolute Gasteiger partial charge is 0.262 e. The molecule has 5 nitrogen and oxygen atoms in total. The van der Waals surface area contributed by atoms with Crippen molar-refractivity contribution in [2.45, 2.75) is 20.0 Å². The fourth-order valence-corrected chi connectivity index (χ4v) is 1.47. The molecule has 1 atom stereocenters. The third-order valence-corrected chi connectivity index (χ3v) is 2.50. The fourth-order valence-electron chi connectivity index (χ4n) is 1.47. The summed E-state index contributed by atoms with van der Waals surface area (Å²) in [4.78, 5) is 13.1. The number of hydrogen-bond donors (Lipinski definition) is 1. The average molecular weight is 250 g/mol. The van der Waals surface area contributed by atoms with Gasteiger partial charge in [0.2, 0.25) is 0 Å². The van der Waals surface area contributed by atoms with Gasteiger partial charge in [-0.2, -0.15) is 0 Å². The highest BCUT2D eigenvalue weighted by Gasteiger charge is 2.16. The molecule has 98 valence electrons. The monoisotopic (exact) mass is 250 g/mol. The van der Waals surface area contributed by atoms with Crippen molar-refractivity contribution in [2.24, 2.45) is 5.16 Å². The van der Waals surface area contributed by atoms with E-state index in [-0.39, 0.29) is 5.91 Å². The first-order valence-corrected chi connectivity index (χ1v) is 5.62. The minimum absolute atomic E-state index is 0.104. The number of ether oxygens (including phenoxy) is 1. The molecular formula is C13H18N2O3. The van der Waals surface area contributed by atoms with Crippen LogP contribution in [-0.4, -0.2) is 41.9 Å². The number of carbonyl (C=O) groups is 1. The molecule has 1 amide bonds. The molecule has 0 radical (unpaired) electrons. The van der Waals surface area contributed by atoms with Crippen molar-refractivity contribution in [3.8, 4) is 5.75 Å². The number of oxime groups is 1. The molecule has 0 aliphatic rings. The van der Waals surface area contributed by atoms with E-state index in [0.717, 1.165) is 5.56 Å². The van der Waals surface area contributed by atoms with Gasteiger partial charge in [-0.3, -0.25) is 4.79 Å². The molecule has 5 heteroatoms. The van der Waals surface area contributed by atoms with Crippen LogP contribution in [0.3, 0.4) is 0 Å². The number of benzene rings is 1. The summed E-state index contributed by atoms with van der Waals surface area (Å²) in [5.41, 5.74) is 1.24. The summed E-state index contributed by atoms with van der Waals surface area (Å²) in [7, 11) is 3.36. The quantitative estimate of drug-likeness (QED) is 0.503. The Labute approximate surface area is 107 Å². The van der Waals surface area contributed by atoms with Crippen molar-refractivity contribution in [3.05, 3.63) is 29.8 Å². The standard InChI is InChI=1S/C13H18N2O3/c1-9(14-17)11-6-5-7-12(8-11)18-10(2)13(16)15(3)4/h5-8,10,17H,1-4H3/b14-9+. The van der Waals surface area contributed by atoms with Gasteiger partial charge in [0, 0.05) is 19.7 Å². The Morgan fingerprint density at radius 2 is 2.11 bits per heavy atom. The summed E-state index contributed by atoms with van der Waals surface area (Å²) in [5, 5.41) is 11.8. The number of carbonyl (C=O) groups excluding carboxylic acids is 1. The molecular weight excluding hydrogens is 232 g/mol. The minimum Gasteiger partial charge on any atom is -0.481 e. The number of hydrogen-bond acceptors (Lipinski definition) is 4. The largest absolute Gasteiger partial charge is 0.481 e. The summed E-state index contributed by atoms with van der Waals surface area (Å²) in [6, 6.07) is 7.08. The molecule has 0 saturated carbocycles. The lowest BCUT2D eigenvalue weighted by atomic mass is 10.1. The second kappa shape index (κ2) is 6.05. The van der Waals surface area contributed by atoms with Gasteiger partial charge in [-0.15, -0.1) is 0 Å². The Morgan fingerprint density at radius 3 is 2.67 bits per heavy atom. The maximum absolute atomic E-state index is 11.7. The van der Waals surface area contributed by atoms with Crippen LogP contribution in [0.2, 0.25) is 0 Å². The van der Waals surface area contributed by atoms with Crippen LogP contribution in [0, 0.1) is 0 Å². The molecule has 0 aliphatic heterocycles. The molecule has 1 aromatic rings. The van der Waals surface area contributed by atoms with Gasteiger partial charge in [-0.05, 0) is 26.0 Å². The summed E-state index contributed by atoms with van der Waals surface area (Å²) in [6.45, 7) is 3.38. The molecule has 1 unspecified atom stereocenters. The number of likely N-dealkylation sites (N-methyl/N-ethyl adjacent to an activating group) is 1. The van der Waals surface area contributed by atoms with Crippen molar-refractivity contribution >= 4 is 11.6 Å². The Balaban J connectivity index is 2.83. The SMILES string of the molecule is C/C(=N\O)c1cccc(OC(C)C(=O)N(C)C)c1. The Hall–Kier alpha value is -2.04. The second-order valence-corrected chi connectivity index (χ2v) is 4.21. The van der Waals surface area contributed by atoms with Crippen LogP contribution >= 0.6 is 0 Å². The highest BCUT2D eigenvalue weighted by Crippen LogP contribution is 2.16. The van der Waals surface area contributed by atoms with Gasteiger partial charge in [0.1, 0.15) is 5.75 Å². The maximum atomic E-state index is 11.7. The van der Waals surface area contributed by atoms with Crippen molar-refractivity contribution < 1.29 is 14.7 Å². The average Bonchev–Trinajstić information content (AvgIpc) is 2.36. The van der Waals surface area contributed by atoms with Crippen LogP contribution < -0.4 is 4.74 Å². The molecule has 0 aliphatic carbocycles. The van der Waals surface area contributed by atoms with Gasteiger partial charge in [-0.1, -0.05) is 17.3 Å². The van der Waals surface area contributed by atoms with Crippen LogP contribution in [-0.2, 0) is 4.79 Å². The number of rotatable bonds is 4. The summed E-state index contributed by atoms with van der Waals surface area (Å²) >= 11 is 0. The van der Waals surface area contributed by atoms with Gasteiger partial charge in [0.15, 0.2) is 6.10 Å². The van der Waals surface area contributed by atoms with E-state index in [1.165, 1.54) is 4.90 Å². The van der Waals surface area contributed by atoms with Crippen molar-refractivity contribution in [1.29, 1.82) is 0 Å². The Bertz CT molecular complexity index is 455. The van der Waals surface area contributed by atoms with Crippen LogP contribution in [0.4, 0.5) is 0 Å². The fraction of sp³-hybridized carbons (Fsp3) is 0.385. The summed E-state index contributed by atoms with van der Waals surface area (Å²) in [5.74, 6) is 0.464. The van der Waals surface area contributed by atoms with E-state index in [2.05, 4.69) is 5.16 Å². The molecule has 0 bridgehead atoms. The first-order chi connectivity index (χ1) is 8.45. The maximum Gasteiger partial charge on any atom is 0.262 e. The first-order valence-electron chi connectivity index (χ1n) is 5.62. The Morgan fingerprint density at radius 1 is 1.44 bits per heavy atom. The number of nitrogens with zero attached hydrogens (tertiary/aromatic N) is 2. The zero-order valence-corrected chi connectivity index (χ0v) is 11.0. The zero-order valence-electron chi connectivity index (χ0n) is 11.0. The molecule has 0 fully saturated rings. The van der Waals surface area contributed by atoms with E-state index in [0.29, 0.717) is 11.5 Å². The summed E-state index contributed by atoms with van der Waals surface area (Å²) < 4.78 is 5.54. The van der Waals surface area contributed by atoms with Crippen molar-refractivity contribution in [3.63, 3.8) is 0 Å². The van der Waals surface area contributed by atoms with E-state index >= 15 is 0 Å². The van der Waals surface area contributed by atoms with Crippen LogP contribution in [0.15, 0.2) is 29.4 Å². The third-order valence-electron chi connectivity index (χ3n) is 2.50. The predicted molar refractivity (Wildman–Crippen MR) is 69.2 cm³/mol. The lowest BCUT2D eigenvalue weighted by Crippen LogP contribution is -2.35. The third kappa shape index (κ3) is 3.48. The molecule has 0 saturated heterocycles. The Kier molecular flexibility index (Phi) is 4.71. The molecule has 0 heterocycles. The molecule has 0 aromatic heterocycles. The molecule has 1 aromatic carbocycles.